The van der Waals surface area contributed by atoms with Gasteiger partial charge in [-0.15, -0.1) is 0 Å². The summed E-state index contributed by atoms with van der Waals surface area (Å²) in [6, 6.07) is 5.63. The Morgan fingerprint density at radius 2 is 1.77 bits per heavy atom. The molecule has 0 N–H and O–H groups in total. The maximum atomic E-state index is 12.8. The fourth-order valence-corrected chi connectivity index (χ4v) is 5.18. The quantitative estimate of drug-likeness (QED) is 0.739. The van der Waals surface area contributed by atoms with Crippen LogP contribution < -0.4 is 0 Å². The molecule has 2 aliphatic heterocycles. The van der Waals surface area contributed by atoms with Crippen LogP contribution in [0.4, 0.5) is 0 Å². The zero-order valence-electron chi connectivity index (χ0n) is 14.9. The maximum absolute atomic E-state index is 12.8. The molecule has 8 heteroatoms. The molecule has 7 nitrogen and oxygen atoms in total. The van der Waals surface area contributed by atoms with Crippen molar-refractivity contribution in [2.24, 2.45) is 11.8 Å². The van der Waals surface area contributed by atoms with Crippen LogP contribution in [0.25, 0.3) is 0 Å². The van der Waals surface area contributed by atoms with Gasteiger partial charge in [0.2, 0.25) is 16.1 Å². The molecule has 3 rings (SSSR count). The first-order valence-corrected chi connectivity index (χ1v) is 10.2. The standard InChI is InChI=1S/C18H23NO6S/c1-12-9-13(2)11-19(10-12)26(22,23)15-5-3-14(4-6-15)17(20)25-16-7-8-24-18(16)21/h3-6,12-13,16H,7-11H2,1-2H3/t12-,13-,16+/m0/s1. The summed E-state index contributed by atoms with van der Waals surface area (Å²) in [6.45, 7) is 5.33. The zero-order chi connectivity index (χ0) is 18.9. The summed E-state index contributed by atoms with van der Waals surface area (Å²) in [5.74, 6) is -0.591. The average Bonchev–Trinajstić information content (AvgIpc) is 2.99. The lowest BCUT2D eigenvalue weighted by Crippen LogP contribution is -2.42. The van der Waals surface area contributed by atoms with Gasteiger partial charge in [0.25, 0.3) is 0 Å². The van der Waals surface area contributed by atoms with Crippen LogP contribution in [-0.4, -0.2) is 50.5 Å². The molecule has 142 valence electrons. The fourth-order valence-electron chi connectivity index (χ4n) is 3.50. The van der Waals surface area contributed by atoms with E-state index < -0.39 is 28.1 Å². The predicted molar refractivity (Wildman–Crippen MR) is 92.9 cm³/mol. The number of piperidine rings is 1. The van der Waals surface area contributed by atoms with Crippen molar-refractivity contribution in [2.75, 3.05) is 19.7 Å². The Morgan fingerprint density at radius 3 is 2.31 bits per heavy atom. The van der Waals surface area contributed by atoms with Gasteiger partial charge >= 0.3 is 11.9 Å². The number of hydrogen-bond donors (Lipinski definition) is 0. The predicted octanol–water partition coefficient (Wildman–Crippen LogP) is 1.83. The Morgan fingerprint density at radius 1 is 1.15 bits per heavy atom. The summed E-state index contributed by atoms with van der Waals surface area (Å²) in [5.41, 5.74) is 0.198. The third-order valence-electron chi connectivity index (χ3n) is 4.70. The number of nitrogens with zero attached hydrogens (tertiary/aromatic N) is 1. The first kappa shape index (κ1) is 18.8. The van der Waals surface area contributed by atoms with Crippen molar-refractivity contribution in [3.05, 3.63) is 29.8 Å². The highest BCUT2D eigenvalue weighted by Gasteiger charge is 2.33. The summed E-state index contributed by atoms with van der Waals surface area (Å²) < 4.78 is 37.0. The minimum absolute atomic E-state index is 0.149. The normalized spacial score (nSPS) is 27.2. The van der Waals surface area contributed by atoms with E-state index >= 15 is 0 Å². The van der Waals surface area contributed by atoms with Crippen LogP contribution in [0.5, 0.6) is 0 Å². The molecule has 2 heterocycles. The zero-order valence-corrected chi connectivity index (χ0v) is 15.7. The molecule has 0 saturated carbocycles. The van der Waals surface area contributed by atoms with Crippen molar-refractivity contribution in [3.63, 3.8) is 0 Å². The van der Waals surface area contributed by atoms with Crippen LogP contribution in [0.2, 0.25) is 0 Å². The lowest BCUT2D eigenvalue weighted by atomic mass is 9.94. The van der Waals surface area contributed by atoms with E-state index in [4.69, 9.17) is 9.47 Å². The number of hydrogen-bond acceptors (Lipinski definition) is 6. The molecule has 0 aromatic heterocycles. The maximum Gasteiger partial charge on any atom is 0.347 e. The molecule has 1 aromatic rings. The second-order valence-electron chi connectivity index (χ2n) is 7.14. The number of benzene rings is 1. The van der Waals surface area contributed by atoms with E-state index in [1.54, 1.807) is 0 Å². The fraction of sp³-hybridized carbons (Fsp3) is 0.556. The van der Waals surface area contributed by atoms with Crippen LogP contribution in [0, 0.1) is 11.8 Å². The van der Waals surface area contributed by atoms with E-state index in [1.807, 2.05) is 13.8 Å². The van der Waals surface area contributed by atoms with Crippen molar-refractivity contribution < 1.29 is 27.5 Å². The molecule has 0 radical (unpaired) electrons. The minimum atomic E-state index is -3.59. The van der Waals surface area contributed by atoms with Crippen LogP contribution in [0.15, 0.2) is 29.2 Å². The smallest absolute Gasteiger partial charge is 0.347 e. The molecule has 0 aliphatic carbocycles. The molecule has 0 amide bonds. The van der Waals surface area contributed by atoms with Gasteiger partial charge in [0.15, 0.2) is 0 Å². The number of sulfonamides is 1. The first-order valence-electron chi connectivity index (χ1n) is 8.75. The van der Waals surface area contributed by atoms with Gasteiger partial charge in [-0.25, -0.2) is 18.0 Å². The number of cyclic esters (lactones) is 1. The van der Waals surface area contributed by atoms with Crippen LogP contribution in [-0.2, 0) is 24.3 Å². The van der Waals surface area contributed by atoms with E-state index in [9.17, 15) is 18.0 Å². The highest BCUT2D eigenvalue weighted by molar-refractivity contribution is 7.89. The molecular formula is C18H23NO6S. The van der Waals surface area contributed by atoms with Gasteiger partial charge in [-0.2, -0.15) is 4.31 Å². The lowest BCUT2D eigenvalue weighted by molar-refractivity contribution is -0.145. The molecule has 3 atom stereocenters. The largest absolute Gasteiger partial charge is 0.463 e. The molecule has 2 saturated heterocycles. The van der Waals surface area contributed by atoms with Gasteiger partial charge in [-0.1, -0.05) is 13.8 Å². The second-order valence-corrected chi connectivity index (χ2v) is 9.08. The van der Waals surface area contributed by atoms with Crippen LogP contribution in [0.1, 0.15) is 37.0 Å². The Labute approximate surface area is 153 Å². The third-order valence-corrected chi connectivity index (χ3v) is 6.55. The van der Waals surface area contributed by atoms with Crippen molar-refractivity contribution in [1.29, 1.82) is 0 Å². The second kappa shape index (κ2) is 7.36. The highest BCUT2D eigenvalue weighted by Crippen LogP contribution is 2.27. The molecule has 0 bridgehead atoms. The van der Waals surface area contributed by atoms with Gasteiger partial charge in [-0.3, -0.25) is 0 Å². The summed E-state index contributed by atoms with van der Waals surface area (Å²) in [5, 5.41) is 0. The average molecular weight is 381 g/mol. The molecule has 2 aliphatic rings. The number of carbonyl (C=O) groups excluding carboxylic acids is 2. The number of carbonyl (C=O) groups is 2. The van der Waals surface area contributed by atoms with E-state index in [0.29, 0.717) is 31.3 Å². The third kappa shape index (κ3) is 3.91. The van der Waals surface area contributed by atoms with Crippen LogP contribution in [0.3, 0.4) is 0 Å². The Kier molecular flexibility index (Phi) is 5.34. The summed E-state index contributed by atoms with van der Waals surface area (Å²) >= 11 is 0. The van der Waals surface area contributed by atoms with E-state index in [0.717, 1.165) is 6.42 Å². The Hall–Kier alpha value is -1.93. The van der Waals surface area contributed by atoms with Crippen molar-refractivity contribution >= 4 is 22.0 Å². The molecule has 0 spiro atoms. The number of esters is 2. The molecule has 2 fully saturated rings. The van der Waals surface area contributed by atoms with Gasteiger partial charge in [0, 0.05) is 19.5 Å². The molecule has 1 aromatic carbocycles. The molecule has 0 unspecified atom stereocenters. The van der Waals surface area contributed by atoms with E-state index in [-0.39, 0.29) is 17.1 Å². The summed E-state index contributed by atoms with van der Waals surface area (Å²) in [7, 11) is -3.59. The summed E-state index contributed by atoms with van der Waals surface area (Å²) in [4.78, 5) is 23.6. The van der Waals surface area contributed by atoms with Gasteiger partial charge < -0.3 is 9.47 Å². The number of ether oxygens (including phenoxy) is 2. The van der Waals surface area contributed by atoms with Crippen molar-refractivity contribution in [3.8, 4) is 0 Å². The SMILES string of the molecule is C[C@H]1C[C@H](C)CN(S(=O)(=O)c2ccc(C(=O)O[C@@H]3CCOC3=O)cc2)C1. The van der Waals surface area contributed by atoms with E-state index in [2.05, 4.69) is 0 Å². The monoisotopic (exact) mass is 381 g/mol. The lowest BCUT2D eigenvalue weighted by Gasteiger charge is -2.34. The minimum Gasteiger partial charge on any atom is -0.463 e. The highest BCUT2D eigenvalue weighted by atomic mass is 32.2. The van der Waals surface area contributed by atoms with Gasteiger partial charge in [0.05, 0.1) is 17.1 Å². The summed E-state index contributed by atoms with van der Waals surface area (Å²) in [6.07, 6.45) is 0.463. The van der Waals surface area contributed by atoms with Gasteiger partial charge in [0.1, 0.15) is 0 Å². The van der Waals surface area contributed by atoms with E-state index in [1.165, 1.54) is 28.6 Å². The van der Waals surface area contributed by atoms with Gasteiger partial charge in [-0.05, 0) is 42.5 Å². The van der Waals surface area contributed by atoms with Crippen LogP contribution >= 0.6 is 0 Å². The Bertz CT molecular complexity index is 778. The van der Waals surface area contributed by atoms with Crippen molar-refractivity contribution in [1.82, 2.24) is 4.31 Å². The topological polar surface area (TPSA) is 90.0 Å². The molecule has 26 heavy (non-hydrogen) atoms. The first-order chi connectivity index (χ1) is 12.3. The Balaban J connectivity index is 1.72. The van der Waals surface area contributed by atoms with Crippen molar-refractivity contribution in [2.45, 2.75) is 37.7 Å². The molecular weight excluding hydrogens is 358 g/mol. The number of rotatable bonds is 4.